The molecule has 6 heteroatoms. The molecule has 1 aromatic carbocycles. The van der Waals surface area contributed by atoms with E-state index in [0.29, 0.717) is 0 Å². The van der Waals surface area contributed by atoms with Gasteiger partial charge in [-0.15, -0.1) is 24.0 Å². The normalized spacial score (nSPS) is 13.9. The molecule has 0 amide bonds. The molecule has 2 aromatic rings. The van der Waals surface area contributed by atoms with E-state index in [9.17, 15) is 0 Å². The number of halogens is 1. The maximum absolute atomic E-state index is 4.56. The third-order valence-corrected chi connectivity index (χ3v) is 3.36. The summed E-state index contributed by atoms with van der Waals surface area (Å²) in [6.07, 6.45) is 3.18. The Morgan fingerprint density at radius 3 is 2.81 bits per heavy atom. The molecule has 0 bridgehead atoms. The van der Waals surface area contributed by atoms with Crippen LogP contribution in [0.25, 0.3) is 5.69 Å². The lowest BCUT2D eigenvalue weighted by Crippen LogP contribution is -2.40. The van der Waals surface area contributed by atoms with Gasteiger partial charge >= 0.3 is 0 Å². The number of nitrogens with one attached hydrogen (secondary N) is 2. The lowest BCUT2D eigenvalue weighted by molar-refractivity contribution is 0.701. The molecule has 1 aliphatic heterocycles. The van der Waals surface area contributed by atoms with Crippen molar-refractivity contribution in [1.82, 2.24) is 20.4 Å². The number of nitrogens with zero attached hydrogens (tertiary/aromatic N) is 3. The molecule has 0 fully saturated rings. The number of aliphatic imine (C=N–C) groups is 1. The molecule has 0 unspecified atom stereocenters. The number of hydrogen-bond donors (Lipinski definition) is 2. The second-order valence-corrected chi connectivity index (χ2v) is 4.88. The Bertz CT molecular complexity index is 606. The molecule has 2 heterocycles. The number of hydrogen-bond acceptors (Lipinski definition) is 4. The van der Waals surface area contributed by atoms with Crippen molar-refractivity contribution in [3.8, 4) is 5.69 Å². The van der Waals surface area contributed by atoms with Crippen LogP contribution >= 0.6 is 24.0 Å². The van der Waals surface area contributed by atoms with Gasteiger partial charge in [-0.25, -0.2) is 4.68 Å². The van der Waals surface area contributed by atoms with Gasteiger partial charge in [-0.1, -0.05) is 18.2 Å². The molecule has 5 nitrogen and oxygen atoms in total. The third-order valence-electron chi connectivity index (χ3n) is 3.36. The van der Waals surface area contributed by atoms with Crippen LogP contribution in [0.2, 0.25) is 0 Å². The predicted octanol–water partition coefficient (Wildman–Crippen LogP) is 2.24. The highest BCUT2D eigenvalue weighted by Gasteiger charge is 2.08. The summed E-state index contributed by atoms with van der Waals surface area (Å²) in [5, 5.41) is 11.1. The summed E-state index contributed by atoms with van der Waals surface area (Å²) in [5.41, 5.74) is 3.30. The van der Waals surface area contributed by atoms with E-state index in [1.54, 1.807) is 0 Å². The smallest absolute Gasteiger partial charge is 0.191 e. The van der Waals surface area contributed by atoms with Gasteiger partial charge in [-0.3, -0.25) is 4.99 Å². The van der Waals surface area contributed by atoms with Gasteiger partial charge in [0.1, 0.15) is 0 Å². The fourth-order valence-electron chi connectivity index (χ4n) is 2.21. The summed E-state index contributed by atoms with van der Waals surface area (Å²) in [6.45, 7) is 4.67. The topological polar surface area (TPSA) is 54.2 Å². The van der Waals surface area contributed by atoms with E-state index < -0.39 is 0 Å². The summed E-state index contributed by atoms with van der Waals surface area (Å²) in [7, 11) is 0. The van der Waals surface area contributed by atoms with Gasteiger partial charge < -0.3 is 10.6 Å². The Morgan fingerprint density at radius 1 is 1.29 bits per heavy atom. The van der Waals surface area contributed by atoms with Gasteiger partial charge in [-0.05, 0) is 25.5 Å². The second-order valence-electron chi connectivity index (χ2n) is 4.88. The molecule has 112 valence electrons. The highest BCUT2D eigenvalue weighted by Crippen LogP contribution is 2.11. The first-order valence-corrected chi connectivity index (χ1v) is 6.96. The summed E-state index contributed by atoms with van der Waals surface area (Å²) in [6, 6.07) is 10.2. The number of para-hydroxylation sites is 1. The SMILES string of the molecule is Cc1nn(-c2ccccc2)cc1CNC1=NCCCN1.I. The summed E-state index contributed by atoms with van der Waals surface area (Å²) in [5.74, 6) is 0.892. The number of aryl methyl sites for hydroxylation is 1. The van der Waals surface area contributed by atoms with Crippen molar-refractivity contribution >= 4 is 29.9 Å². The van der Waals surface area contributed by atoms with E-state index >= 15 is 0 Å². The maximum atomic E-state index is 4.56. The molecule has 21 heavy (non-hydrogen) atoms. The number of guanidine groups is 1. The Hall–Kier alpha value is -1.57. The van der Waals surface area contributed by atoms with E-state index in [1.165, 1.54) is 5.56 Å². The first-order chi connectivity index (χ1) is 9.83. The Morgan fingerprint density at radius 2 is 2.10 bits per heavy atom. The average molecular weight is 397 g/mol. The van der Waals surface area contributed by atoms with Gasteiger partial charge in [0, 0.05) is 31.4 Å². The van der Waals surface area contributed by atoms with Crippen LogP contribution in [0, 0.1) is 6.92 Å². The van der Waals surface area contributed by atoms with E-state index in [1.807, 2.05) is 29.8 Å². The lowest BCUT2D eigenvalue weighted by atomic mass is 10.2. The van der Waals surface area contributed by atoms with Crippen LogP contribution in [-0.2, 0) is 6.54 Å². The van der Waals surface area contributed by atoms with Gasteiger partial charge in [0.05, 0.1) is 11.4 Å². The van der Waals surface area contributed by atoms with Gasteiger partial charge in [0.2, 0.25) is 0 Å². The standard InChI is InChI=1S/C15H19N5.HI/c1-12-13(10-18-15-16-8-5-9-17-15)11-20(19-12)14-6-3-2-4-7-14;/h2-4,6-7,11H,5,8-10H2,1H3,(H2,16,17,18);1H. The van der Waals surface area contributed by atoms with Crippen LogP contribution in [-0.4, -0.2) is 28.8 Å². The molecule has 0 saturated heterocycles. The highest BCUT2D eigenvalue weighted by atomic mass is 127. The van der Waals surface area contributed by atoms with Crippen molar-refractivity contribution in [2.24, 2.45) is 4.99 Å². The van der Waals surface area contributed by atoms with Crippen LogP contribution in [0.3, 0.4) is 0 Å². The van der Waals surface area contributed by atoms with Crippen LogP contribution in [0.1, 0.15) is 17.7 Å². The van der Waals surface area contributed by atoms with Crippen LogP contribution in [0.15, 0.2) is 41.5 Å². The van der Waals surface area contributed by atoms with Crippen LogP contribution in [0.5, 0.6) is 0 Å². The zero-order chi connectivity index (χ0) is 13.8. The Kier molecular flexibility index (Phi) is 5.60. The molecule has 0 atom stereocenters. The van der Waals surface area contributed by atoms with E-state index in [4.69, 9.17) is 0 Å². The third kappa shape index (κ3) is 3.96. The first-order valence-electron chi connectivity index (χ1n) is 6.96. The Labute approximate surface area is 141 Å². The molecular weight excluding hydrogens is 377 g/mol. The fraction of sp³-hybridized carbons (Fsp3) is 0.333. The quantitative estimate of drug-likeness (QED) is 0.782. The molecule has 3 rings (SSSR count). The monoisotopic (exact) mass is 397 g/mol. The van der Waals surface area contributed by atoms with Crippen molar-refractivity contribution in [2.45, 2.75) is 19.9 Å². The van der Waals surface area contributed by atoms with Crippen LogP contribution in [0.4, 0.5) is 0 Å². The van der Waals surface area contributed by atoms with Gasteiger partial charge in [0.25, 0.3) is 0 Å². The minimum absolute atomic E-state index is 0. The molecule has 0 spiro atoms. The molecule has 0 saturated carbocycles. The predicted molar refractivity (Wildman–Crippen MR) is 95.5 cm³/mol. The summed E-state index contributed by atoms with van der Waals surface area (Å²) >= 11 is 0. The molecular formula is C15H20IN5. The van der Waals surface area contributed by atoms with Crippen molar-refractivity contribution in [2.75, 3.05) is 13.1 Å². The number of aromatic nitrogens is 2. The van der Waals surface area contributed by atoms with Gasteiger partial charge in [-0.2, -0.15) is 5.10 Å². The lowest BCUT2D eigenvalue weighted by Gasteiger charge is -2.15. The minimum atomic E-state index is 0. The first kappa shape index (κ1) is 15.8. The second kappa shape index (κ2) is 7.44. The van der Waals surface area contributed by atoms with Crippen LogP contribution < -0.4 is 10.6 Å². The highest BCUT2D eigenvalue weighted by molar-refractivity contribution is 14.0. The molecule has 0 aliphatic carbocycles. The zero-order valence-electron chi connectivity index (χ0n) is 12.0. The Balaban J connectivity index is 0.00000161. The number of rotatable bonds is 3. The molecule has 1 aromatic heterocycles. The largest absolute Gasteiger partial charge is 0.356 e. The zero-order valence-corrected chi connectivity index (χ0v) is 14.4. The number of benzene rings is 1. The molecule has 0 radical (unpaired) electrons. The van der Waals surface area contributed by atoms with Crippen molar-refractivity contribution in [3.05, 3.63) is 47.8 Å². The minimum Gasteiger partial charge on any atom is -0.356 e. The fourth-order valence-corrected chi connectivity index (χ4v) is 2.21. The van der Waals surface area contributed by atoms with E-state index in [0.717, 1.165) is 43.4 Å². The summed E-state index contributed by atoms with van der Waals surface area (Å²) < 4.78 is 1.92. The molecule has 2 N–H and O–H groups in total. The van der Waals surface area contributed by atoms with Crippen molar-refractivity contribution in [1.29, 1.82) is 0 Å². The summed E-state index contributed by atoms with van der Waals surface area (Å²) in [4.78, 5) is 4.41. The van der Waals surface area contributed by atoms with Crippen molar-refractivity contribution in [3.63, 3.8) is 0 Å². The van der Waals surface area contributed by atoms with Crippen molar-refractivity contribution < 1.29 is 0 Å². The van der Waals surface area contributed by atoms with Gasteiger partial charge in [0.15, 0.2) is 5.96 Å². The van der Waals surface area contributed by atoms with E-state index in [-0.39, 0.29) is 24.0 Å². The molecule has 1 aliphatic rings. The maximum Gasteiger partial charge on any atom is 0.191 e. The average Bonchev–Trinajstić information content (AvgIpc) is 2.88. The van der Waals surface area contributed by atoms with E-state index in [2.05, 4.69) is 39.1 Å².